The average Bonchev–Trinajstić information content (AvgIpc) is 2.34. The fourth-order valence-corrected chi connectivity index (χ4v) is 1.36. The van der Waals surface area contributed by atoms with E-state index < -0.39 is 0 Å². The number of aromatic nitrogens is 2. The number of nitrogens with zero attached hydrogens (tertiary/aromatic N) is 2. The summed E-state index contributed by atoms with van der Waals surface area (Å²) in [5.74, 6) is 0.491. The van der Waals surface area contributed by atoms with Gasteiger partial charge in [0.15, 0.2) is 0 Å². The lowest BCUT2D eigenvalue weighted by molar-refractivity contribution is 0.758. The highest BCUT2D eigenvalue weighted by molar-refractivity contribution is 6.28. The summed E-state index contributed by atoms with van der Waals surface area (Å²) in [5.41, 5.74) is 7.50. The largest absolute Gasteiger partial charge is 0.383 e. The molecule has 2 rings (SSSR count). The van der Waals surface area contributed by atoms with Crippen LogP contribution in [0.15, 0.2) is 0 Å². The van der Waals surface area contributed by atoms with Crippen LogP contribution in [0, 0.1) is 0 Å². The number of hydrogen-bond acceptors (Lipinski definition) is 4. The van der Waals surface area contributed by atoms with Crippen molar-refractivity contribution in [1.82, 2.24) is 15.3 Å². The van der Waals surface area contributed by atoms with Crippen molar-refractivity contribution in [3.05, 3.63) is 16.5 Å². The van der Waals surface area contributed by atoms with E-state index in [1.165, 1.54) is 0 Å². The van der Waals surface area contributed by atoms with Crippen LogP contribution in [0.2, 0.25) is 5.28 Å². The Morgan fingerprint density at radius 2 is 2.18 bits per heavy atom. The molecule has 1 aliphatic rings. The number of halogens is 1. The second kappa shape index (κ2) is 2.32. The van der Waals surface area contributed by atoms with E-state index in [1.807, 2.05) is 0 Å². The number of fused-ring (bicyclic) bond motifs is 1. The Balaban J connectivity index is 2.60. The molecule has 0 fully saturated rings. The number of nitrogen functional groups attached to an aromatic ring is 1. The topological polar surface area (TPSA) is 63.8 Å². The molecule has 1 aromatic heterocycles. The third kappa shape index (κ3) is 1.04. The first-order valence-electron chi connectivity index (χ1n) is 3.29. The predicted octanol–water partition coefficient (Wildman–Crippen LogP) is 0.315. The van der Waals surface area contributed by atoms with Gasteiger partial charge >= 0.3 is 0 Å². The molecule has 3 N–H and O–H groups in total. The molecule has 0 unspecified atom stereocenters. The molecule has 0 aromatic carbocycles. The van der Waals surface area contributed by atoms with E-state index in [-0.39, 0.29) is 5.28 Å². The van der Waals surface area contributed by atoms with E-state index in [9.17, 15) is 0 Å². The van der Waals surface area contributed by atoms with Gasteiger partial charge in [-0.3, -0.25) is 0 Å². The second-order valence-electron chi connectivity index (χ2n) is 2.41. The van der Waals surface area contributed by atoms with Gasteiger partial charge in [-0.2, -0.15) is 0 Å². The molecule has 0 spiro atoms. The van der Waals surface area contributed by atoms with Gasteiger partial charge in [-0.15, -0.1) is 0 Å². The zero-order valence-electron chi connectivity index (χ0n) is 5.76. The number of nitrogens with one attached hydrogen (secondary N) is 1. The summed E-state index contributed by atoms with van der Waals surface area (Å²) in [5, 5.41) is 3.34. The molecule has 1 aromatic rings. The normalized spacial score (nSPS) is 15.0. The minimum absolute atomic E-state index is 0.227. The Bertz CT molecular complexity index is 299. The van der Waals surface area contributed by atoms with Crippen LogP contribution in [-0.2, 0) is 13.1 Å². The maximum Gasteiger partial charge on any atom is 0.224 e. The summed E-state index contributed by atoms with van der Waals surface area (Å²) in [7, 11) is 0. The first kappa shape index (κ1) is 6.82. The van der Waals surface area contributed by atoms with Gasteiger partial charge in [0, 0.05) is 18.7 Å². The zero-order chi connectivity index (χ0) is 7.84. The minimum atomic E-state index is 0.227. The Hall–Kier alpha value is -0.870. The first-order valence-corrected chi connectivity index (χ1v) is 3.66. The summed E-state index contributed by atoms with van der Waals surface area (Å²) < 4.78 is 0. The van der Waals surface area contributed by atoms with E-state index in [1.54, 1.807) is 0 Å². The van der Waals surface area contributed by atoms with Crippen LogP contribution < -0.4 is 11.1 Å². The molecule has 1 aliphatic heterocycles. The highest BCUT2D eigenvalue weighted by Gasteiger charge is 2.15. The van der Waals surface area contributed by atoms with Gasteiger partial charge in [-0.25, -0.2) is 9.97 Å². The van der Waals surface area contributed by atoms with Gasteiger partial charge < -0.3 is 11.1 Å². The molecule has 0 saturated heterocycles. The maximum absolute atomic E-state index is 5.60. The molecule has 0 radical (unpaired) electrons. The summed E-state index contributed by atoms with van der Waals surface area (Å²) in [6.07, 6.45) is 0. The van der Waals surface area contributed by atoms with Crippen molar-refractivity contribution >= 4 is 17.4 Å². The lowest BCUT2D eigenvalue weighted by atomic mass is 10.2. The van der Waals surface area contributed by atoms with Crippen molar-refractivity contribution in [1.29, 1.82) is 0 Å². The van der Waals surface area contributed by atoms with E-state index in [2.05, 4.69) is 15.3 Å². The van der Waals surface area contributed by atoms with E-state index >= 15 is 0 Å². The summed E-state index contributed by atoms with van der Waals surface area (Å²) >= 11 is 5.60. The molecule has 0 atom stereocenters. The van der Waals surface area contributed by atoms with E-state index in [0.29, 0.717) is 5.82 Å². The maximum atomic E-state index is 5.60. The van der Waals surface area contributed by atoms with Crippen molar-refractivity contribution in [3.63, 3.8) is 0 Å². The Morgan fingerprint density at radius 3 is 3.00 bits per heavy atom. The van der Waals surface area contributed by atoms with Crippen molar-refractivity contribution < 1.29 is 0 Å². The van der Waals surface area contributed by atoms with Crippen molar-refractivity contribution in [2.75, 3.05) is 5.73 Å². The van der Waals surface area contributed by atoms with Gasteiger partial charge in [-0.1, -0.05) is 0 Å². The molecule has 0 saturated carbocycles. The van der Waals surface area contributed by atoms with E-state index in [0.717, 1.165) is 24.3 Å². The highest BCUT2D eigenvalue weighted by Crippen LogP contribution is 2.19. The van der Waals surface area contributed by atoms with Crippen LogP contribution in [-0.4, -0.2) is 9.97 Å². The number of rotatable bonds is 0. The van der Waals surface area contributed by atoms with Crippen LogP contribution in [0.3, 0.4) is 0 Å². The molecular weight excluding hydrogens is 164 g/mol. The zero-order valence-corrected chi connectivity index (χ0v) is 6.52. The molecule has 58 valence electrons. The van der Waals surface area contributed by atoms with Crippen molar-refractivity contribution in [3.8, 4) is 0 Å². The standard InChI is InChI=1S/C6H7ClN4/c7-6-10-4-2-9-1-3(4)5(8)11-6/h9H,1-2H2,(H2,8,10,11). The molecule has 4 nitrogen and oxygen atoms in total. The first-order chi connectivity index (χ1) is 5.27. The van der Waals surface area contributed by atoms with Crippen molar-refractivity contribution in [2.24, 2.45) is 0 Å². The minimum Gasteiger partial charge on any atom is -0.383 e. The Kier molecular flexibility index (Phi) is 1.44. The second-order valence-corrected chi connectivity index (χ2v) is 2.74. The molecule has 0 amide bonds. The molecule has 0 bridgehead atoms. The van der Waals surface area contributed by atoms with Crippen LogP contribution in [0.25, 0.3) is 0 Å². The highest BCUT2D eigenvalue weighted by atomic mass is 35.5. The summed E-state index contributed by atoms with van der Waals surface area (Å²) in [6.45, 7) is 1.49. The fraction of sp³-hybridized carbons (Fsp3) is 0.333. The van der Waals surface area contributed by atoms with Gasteiger partial charge in [0.25, 0.3) is 0 Å². The van der Waals surface area contributed by atoms with Gasteiger partial charge in [-0.05, 0) is 11.6 Å². The van der Waals surface area contributed by atoms with Gasteiger partial charge in [0.1, 0.15) is 5.82 Å². The average molecular weight is 171 g/mol. The monoisotopic (exact) mass is 170 g/mol. The molecule has 0 aliphatic carbocycles. The lowest BCUT2D eigenvalue weighted by Gasteiger charge is -1.99. The van der Waals surface area contributed by atoms with Gasteiger partial charge in [0.05, 0.1) is 5.69 Å². The number of anilines is 1. The van der Waals surface area contributed by atoms with Crippen LogP contribution in [0.1, 0.15) is 11.3 Å². The molecule has 11 heavy (non-hydrogen) atoms. The predicted molar refractivity (Wildman–Crippen MR) is 42.0 cm³/mol. The Labute approximate surface area is 68.8 Å². The van der Waals surface area contributed by atoms with Crippen LogP contribution in [0.5, 0.6) is 0 Å². The van der Waals surface area contributed by atoms with E-state index in [4.69, 9.17) is 17.3 Å². The molecule has 2 heterocycles. The smallest absolute Gasteiger partial charge is 0.224 e. The number of hydrogen-bond donors (Lipinski definition) is 2. The third-order valence-corrected chi connectivity index (χ3v) is 1.86. The SMILES string of the molecule is Nc1nc(Cl)nc2c1CNC2. The lowest BCUT2D eigenvalue weighted by Crippen LogP contribution is -2.01. The third-order valence-electron chi connectivity index (χ3n) is 1.69. The summed E-state index contributed by atoms with van der Waals surface area (Å²) in [6, 6.07) is 0. The molecular formula is C6H7ClN4. The van der Waals surface area contributed by atoms with Crippen LogP contribution >= 0.6 is 11.6 Å². The quantitative estimate of drug-likeness (QED) is 0.551. The fourth-order valence-electron chi connectivity index (χ4n) is 1.16. The molecule has 5 heteroatoms. The number of nitrogens with two attached hydrogens (primary N) is 1. The Morgan fingerprint density at radius 1 is 1.36 bits per heavy atom. The van der Waals surface area contributed by atoms with Crippen LogP contribution in [0.4, 0.5) is 5.82 Å². The van der Waals surface area contributed by atoms with Crippen molar-refractivity contribution in [2.45, 2.75) is 13.1 Å². The van der Waals surface area contributed by atoms with Gasteiger partial charge in [0.2, 0.25) is 5.28 Å². The summed E-state index contributed by atoms with van der Waals surface area (Å²) in [4.78, 5) is 7.86.